The van der Waals surface area contributed by atoms with Crippen LogP contribution in [-0.4, -0.2) is 15.8 Å². The maximum atomic E-state index is 12.8. The van der Waals surface area contributed by atoms with Gasteiger partial charge in [-0.05, 0) is 19.1 Å². The number of alkyl halides is 3. The number of carbonyl (C=O) groups excluding carboxylic acids is 1. The summed E-state index contributed by atoms with van der Waals surface area (Å²) in [6, 6.07) is 4.02. The first-order valence-corrected chi connectivity index (χ1v) is 6.02. The number of aryl methyl sites for hydroxylation is 1. The highest BCUT2D eigenvalue weighted by molar-refractivity contribution is 6.00. The standard InChI is InChI=1S/C13H13F3N4O/c1-8-11(7-17-20(8)2)19-12(21)18-10-6-4-3-5-9(10)13(14,15)16/h3-7H,1-2H3,(H2,18,19,21). The molecule has 0 spiro atoms. The van der Waals surface area contributed by atoms with Crippen molar-refractivity contribution in [3.63, 3.8) is 0 Å². The van der Waals surface area contributed by atoms with Gasteiger partial charge in [0.15, 0.2) is 0 Å². The molecule has 0 aliphatic rings. The molecule has 21 heavy (non-hydrogen) atoms. The van der Waals surface area contributed by atoms with E-state index in [1.165, 1.54) is 24.4 Å². The monoisotopic (exact) mass is 298 g/mol. The maximum Gasteiger partial charge on any atom is 0.418 e. The Hall–Kier alpha value is -2.51. The minimum absolute atomic E-state index is 0.302. The van der Waals surface area contributed by atoms with Gasteiger partial charge in [-0.2, -0.15) is 18.3 Å². The molecule has 0 unspecified atom stereocenters. The highest BCUT2D eigenvalue weighted by Crippen LogP contribution is 2.34. The molecule has 2 amide bonds. The Morgan fingerprint density at radius 1 is 1.19 bits per heavy atom. The molecule has 0 fully saturated rings. The van der Waals surface area contributed by atoms with Gasteiger partial charge in [0, 0.05) is 7.05 Å². The lowest BCUT2D eigenvalue weighted by Gasteiger charge is -2.13. The van der Waals surface area contributed by atoms with Crippen molar-refractivity contribution >= 4 is 17.4 Å². The van der Waals surface area contributed by atoms with Gasteiger partial charge in [-0.25, -0.2) is 4.79 Å². The van der Waals surface area contributed by atoms with Crippen molar-refractivity contribution < 1.29 is 18.0 Å². The van der Waals surface area contributed by atoms with E-state index in [1.807, 2.05) is 0 Å². The third-order valence-corrected chi connectivity index (χ3v) is 2.96. The Balaban J connectivity index is 2.16. The van der Waals surface area contributed by atoms with Crippen LogP contribution in [0.25, 0.3) is 0 Å². The third kappa shape index (κ3) is 3.33. The first-order valence-electron chi connectivity index (χ1n) is 6.02. The van der Waals surface area contributed by atoms with Crippen LogP contribution in [0.3, 0.4) is 0 Å². The second kappa shape index (κ2) is 5.47. The average Bonchev–Trinajstić information content (AvgIpc) is 2.70. The van der Waals surface area contributed by atoms with Gasteiger partial charge in [0.25, 0.3) is 0 Å². The topological polar surface area (TPSA) is 59.0 Å². The van der Waals surface area contributed by atoms with Crippen LogP contribution in [0.15, 0.2) is 30.5 Å². The van der Waals surface area contributed by atoms with Gasteiger partial charge in [-0.15, -0.1) is 0 Å². The molecule has 1 heterocycles. The zero-order chi connectivity index (χ0) is 15.6. The Labute approximate surface area is 118 Å². The molecular weight excluding hydrogens is 285 g/mol. The van der Waals surface area contributed by atoms with Gasteiger partial charge in [0.2, 0.25) is 0 Å². The molecule has 0 radical (unpaired) electrons. The van der Waals surface area contributed by atoms with E-state index in [2.05, 4.69) is 15.7 Å². The third-order valence-electron chi connectivity index (χ3n) is 2.96. The van der Waals surface area contributed by atoms with Crippen molar-refractivity contribution in [3.05, 3.63) is 41.7 Å². The van der Waals surface area contributed by atoms with Gasteiger partial charge in [-0.1, -0.05) is 12.1 Å². The van der Waals surface area contributed by atoms with E-state index in [-0.39, 0.29) is 5.69 Å². The second-order valence-corrected chi connectivity index (χ2v) is 4.39. The maximum absolute atomic E-state index is 12.8. The fourth-order valence-electron chi connectivity index (χ4n) is 1.74. The molecule has 2 rings (SSSR count). The van der Waals surface area contributed by atoms with Gasteiger partial charge in [-0.3, -0.25) is 4.68 Å². The molecule has 1 aromatic carbocycles. The number of nitrogens with one attached hydrogen (secondary N) is 2. The summed E-state index contributed by atoms with van der Waals surface area (Å²) in [6.45, 7) is 1.73. The first kappa shape index (κ1) is 14.9. The smallest absolute Gasteiger partial charge is 0.307 e. The van der Waals surface area contributed by atoms with Gasteiger partial charge < -0.3 is 10.6 Å². The van der Waals surface area contributed by atoms with E-state index >= 15 is 0 Å². The quantitative estimate of drug-likeness (QED) is 0.892. The van der Waals surface area contributed by atoms with Gasteiger partial charge in [0.05, 0.1) is 28.8 Å². The lowest BCUT2D eigenvalue weighted by molar-refractivity contribution is -0.136. The number of hydrogen-bond donors (Lipinski definition) is 2. The predicted molar refractivity (Wildman–Crippen MR) is 72.0 cm³/mol. The normalized spacial score (nSPS) is 11.3. The Bertz CT molecular complexity index is 664. The number of benzene rings is 1. The molecule has 1 aromatic heterocycles. The molecule has 0 atom stereocenters. The molecule has 2 aromatic rings. The number of urea groups is 1. The highest BCUT2D eigenvalue weighted by atomic mass is 19.4. The van der Waals surface area contributed by atoms with Crippen LogP contribution >= 0.6 is 0 Å². The molecule has 2 N–H and O–H groups in total. The van der Waals surface area contributed by atoms with Crippen LogP contribution in [0, 0.1) is 6.92 Å². The summed E-state index contributed by atoms with van der Waals surface area (Å²) in [5.41, 5.74) is -0.0825. The fraction of sp³-hybridized carbons (Fsp3) is 0.231. The van der Waals surface area contributed by atoms with Crippen LogP contribution in [0.1, 0.15) is 11.3 Å². The van der Waals surface area contributed by atoms with Gasteiger partial charge in [0.1, 0.15) is 0 Å². The van der Waals surface area contributed by atoms with Crippen molar-refractivity contribution in [1.82, 2.24) is 9.78 Å². The van der Waals surface area contributed by atoms with E-state index in [1.54, 1.807) is 18.7 Å². The summed E-state index contributed by atoms with van der Waals surface area (Å²) in [4.78, 5) is 11.8. The van der Waals surface area contributed by atoms with E-state index in [0.717, 1.165) is 6.07 Å². The van der Waals surface area contributed by atoms with Crippen molar-refractivity contribution in [3.8, 4) is 0 Å². The Morgan fingerprint density at radius 2 is 1.81 bits per heavy atom. The summed E-state index contributed by atoms with van der Waals surface area (Å²) in [6.07, 6.45) is -3.11. The zero-order valence-electron chi connectivity index (χ0n) is 11.3. The fourth-order valence-corrected chi connectivity index (χ4v) is 1.74. The summed E-state index contributed by atoms with van der Waals surface area (Å²) in [5, 5.41) is 8.58. The predicted octanol–water partition coefficient (Wildman–Crippen LogP) is 3.39. The number of rotatable bonds is 2. The zero-order valence-corrected chi connectivity index (χ0v) is 11.3. The van der Waals surface area contributed by atoms with Crippen LogP contribution in [-0.2, 0) is 13.2 Å². The Morgan fingerprint density at radius 3 is 2.38 bits per heavy atom. The first-order chi connectivity index (χ1) is 9.79. The number of halogens is 3. The van der Waals surface area contributed by atoms with Crippen molar-refractivity contribution in [2.75, 3.05) is 10.6 Å². The van der Waals surface area contributed by atoms with Crippen LogP contribution < -0.4 is 10.6 Å². The lowest BCUT2D eigenvalue weighted by atomic mass is 10.1. The van der Waals surface area contributed by atoms with E-state index in [9.17, 15) is 18.0 Å². The van der Waals surface area contributed by atoms with Crippen molar-refractivity contribution in [1.29, 1.82) is 0 Å². The summed E-state index contributed by atoms with van der Waals surface area (Å²) >= 11 is 0. The van der Waals surface area contributed by atoms with Crippen LogP contribution in [0.5, 0.6) is 0 Å². The molecule has 0 aliphatic heterocycles. The van der Waals surface area contributed by atoms with Crippen LogP contribution in [0.2, 0.25) is 0 Å². The summed E-state index contributed by atoms with van der Waals surface area (Å²) < 4.78 is 40.0. The van der Waals surface area contributed by atoms with Crippen molar-refractivity contribution in [2.45, 2.75) is 13.1 Å². The molecular formula is C13H13F3N4O. The molecule has 112 valence electrons. The second-order valence-electron chi connectivity index (χ2n) is 4.39. The molecule has 0 aliphatic carbocycles. The molecule has 8 heteroatoms. The number of anilines is 2. The van der Waals surface area contributed by atoms with Crippen LogP contribution in [0.4, 0.5) is 29.3 Å². The number of nitrogens with zero attached hydrogens (tertiary/aromatic N) is 2. The largest absolute Gasteiger partial charge is 0.418 e. The SMILES string of the molecule is Cc1c(NC(=O)Nc2ccccc2C(F)(F)F)cnn1C. The number of carbonyl (C=O) groups is 1. The van der Waals surface area contributed by atoms with E-state index < -0.39 is 17.8 Å². The van der Waals surface area contributed by atoms with E-state index in [4.69, 9.17) is 0 Å². The molecule has 5 nitrogen and oxygen atoms in total. The lowest BCUT2D eigenvalue weighted by Crippen LogP contribution is -2.22. The molecule has 0 saturated carbocycles. The minimum atomic E-state index is -4.53. The number of aromatic nitrogens is 2. The highest BCUT2D eigenvalue weighted by Gasteiger charge is 2.33. The van der Waals surface area contributed by atoms with E-state index in [0.29, 0.717) is 11.4 Å². The van der Waals surface area contributed by atoms with Gasteiger partial charge >= 0.3 is 12.2 Å². The Kier molecular flexibility index (Phi) is 3.88. The molecule has 0 bridgehead atoms. The van der Waals surface area contributed by atoms with Crippen molar-refractivity contribution in [2.24, 2.45) is 7.05 Å². The number of hydrogen-bond acceptors (Lipinski definition) is 2. The summed E-state index contributed by atoms with van der Waals surface area (Å²) in [5.74, 6) is 0. The minimum Gasteiger partial charge on any atom is -0.307 e. The number of amides is 2. The summed E-state index contributed by atoms with van der Waals surface area (Å²) in [7, 11) is 1.69. The average molecular weight is 298 g/mol. The molecule has 0 saturated heterocycles. The number of para-hydroxylation sites is 1.